The lowest BCUT2D eigenvalue weighted by Crippen LogP contribution is -2.17. The van der Waals surface area contributed by atoms with Crippen LogP contribution in [0.1, 0.15) is 21.9 Å². The van der Waals surface area contributed by atoms with E-state index in [4.69, 9.17) is 4.74 Å². The van der Waals surface area contributed by atoms with Crippen molar-refractivity contribution in [2.24, 2.45) is 0 Å². The molecule has 0 saturated heterocycles. The molecule has 7 nitrogen and oxygen atoms in total. The number of para-hydroxylation sites is 1. The highest BCUT2D eigenvalue weighted by atomic mass is 32.1. The molecule has 32 heavy (non-hydrogen) atoms. The molecule has 0 fully saturated rings. The van der Waals surface area contributed by atoms with E-state index in [0.717, 1.165) is 16.9 Å². The van der Waals surface area contributed by atoms with Crippen molar-refractivity contribution in [3.05, 3.63) is 106 Å². The molecule has 2 aromatic carbocycles. The van der Waals surface area contributed by atoms with Gasteiger partial charge in [-0.05, 0) is 25.1 Å². The molecule has 0 atom stereocenters. The average molecular weight is 443 g/mol. The smallest absolute Gasteiger partial charge is 0.357 e. The lowest BCUT2D eigenvalue weighted by molar-refractivity contribution is 0.0457. The fraction of sp³-hybridized carbons (Fsp3) is 0.0833. The van der Waals surface area contributed by atoms with Gasteiger partial charge in [0.1, 0.15) is 6.61 Å². The first kappa shape index (κ1) is 19.9. The summed E-state index contributed by atoms with van der Waals surface area (Å²) in [6, 6.07) is 22.1. The summed E-state index contributed by atoms with van der Waals surface area (Å²) in [4.78, 5) is 30.4. The average Bonchev–Trinajstić information content (AvgIpc) is 3.43. The van der Waals surface area contributed by atoms with E-state index in [1.807, 2.05) is 73.0 Å². The van der Waals surface area contributed by atoms with E-state index >= 15 is 0 Å². The lowest BCUT2D eigenvalue weighted by Gasteiger charge is -2.08. The number of hydrogen-bond acceptors (Lipinski definition) is 6. The van der Waals surface area contributed by atoms with Crippen molar-refractivity contribution in [2.45, 2.75) is 13.5 Å². The Labute approximate surface area is 187 Å². The molecular formula is C24H18N4O3S. The molecular weight excluding hydrogens is 424 g/mol. The van der Waals surface area contributed by atoms with Crippen LogP contribution in [0.15, 0.2) is 83.0 Å². The molecule has 0 spiro atoms. The summed E-state index contributed by atoms with van der Waals surface area (Å²) in [5.74, 6) is -0.548. The fourth-order valence-electron chi connectivity index (χ4n) is 3.43. The van der Waals surface area contributed by atoms with E-state index in [0.29, 0.717) is 22.0 Å². The number of carbonyl (C=O) groups excluding carboxylic acids is 1. The maximum atomic E-state index is 13.0. The minimum atomic E-state index is -0.548. The van der Waals surface area contributed by atoms with Crippen LogP contribution in [0.5, 0.6) is 0 Å². The second-order valence-electron chi connectivity index (χ2n) is 7.19. The van der Waals surface area contributed by atoms with Crippen LogP contribution in [-0.4, -0.2) is 25.1 Å². The van der Waals surface area contributed by atoms with E-state index in [-0.39, 0.29) is 12.2 Å². The zero-order valence-corrected chi connectivity index (χ0v) is 18.0. The Morgan fingerprint density at radius 2 is 1.75 bits per heavy atom. The SMILES string of the molecule is Cc1csc2nc(COC(=O)c3cc(-c4ccccc4)nn3-c3ccccc3)cc(=O)n12. The number of benzene rings is 2. The van der Waals surface area contributed by atoms with Gasteiger partial charge in [-0.3, -0.25) is 9.20 Å². The number of hydrogen-bond donors (Lipinski definition) is 0. The lowest BCUT2D eigenvalue weighted by atomic mass is 10.1. The quantitative estimate of drug-likeness (QED) is 0.380. The molecule has 8 heteroatoms. The Morgan fingerprint density at radius 3 is 2.50 bits per heavy atom. The van der Waals surface area contributed by atoms with Crippen LogP contribution in [0, 0.1) is 6.92 Å². The summed E-state index contributed by atoms with van der Waals surface area (Å²) in [5, 5.41) is 6.50. The van der Waals surface area contributed by atoms with E-state index in [2.05, 4.69) is 10.1 Å². The minimum absolute atomic E-state index is 0.109. The van der Waals surface area contributed by atoms with Crippen LogP contribution < -0.4 is 5.56 Å². The van der Waals surface area contributed by atoms with Gasteiger partial charge in [0.25, 0.3) is 5.56 Å². The number of fused-ring (bicyclic) bond motifs is 1. The Bertz CT molecular complexity index is 1470. The molecule has 3 heterocycles. The van der Waals surface area contributed by atoms with Gasteiger partial charge in [-0.25, -0.2) is 14.5 Å². The van der Waals surface area contributed by atoms with Gasteiger partial charge in [-0.2, -0.15) is 5.10 Å². The van der Waals surface area contributed by atoms with Gasteiger partial charge < -0.3 is 4.74 Å². The molecule has 0 N–H and O–H groups in total. The molecule has 5 rings (SSSR count). The van der Waals surface area contributed by atoms with E-state index < -0.39 is 5.97 Å². The van der Waals surface area contributed by atoms with Crippen LogP contribution in [-0.2, 0) is 11.3 Å². The zero-order valence-electron chi connectivity index (χ0n) is 17.1. The van der Waals surface area contributed by atoms with Gasteiger partial charge in [0.15, 0.2) is 10.7 Å². The van der Waals surface area contributed by atoms with Crippen LogP contribution in [0.25, 0.3) is 21.9 Å². The molecule has 0 amide bonds. The van der Waals surface area contributed by atoms with Crippen LogP contribution in [0.4, 0.5) is 0 Å². The van der Waals surface area contributed by atoms with Crippen molar-refractivity contribution >= 4 is 22.3 Å². The molecule has 0 aliphatic carbocycles. The van der Waals surface area contributed by atoms with Crippen molar-refractivity contribution in [1.29, 1.82) is 0 Å². The Kier molecular flexibility index (Phi) is 5.12. The third-order valence-corrected chi connectivity index (χ3v) is 5.91. The first-order valence-electron chi connectivity index (χ1n) is 9.95. The Morgan fingerprint density at radius 1 is 1.03 bits per heavy atom. The normalized spacial score (nSPS) is 11.0. The zero-order chi connectivity index (χ0) is 22.1. The predicted molar refractivity (Wildman–Crippen MR) is 122 cm³/mol. The van der Waals surface area contributed by atoms with Gasteiger partial charge in [0.2, 0.25) is 0 Å². The largest absolute Gasteiger partial charge is 0.454 e. The monoisotopic (exact) mass is 442 g/mol. The van der Waals surface area contributed by atoms with Gasteiger partial charge in [0.05, 0.1) is 17.1 Å². The number of aromatic nitrogens is 4. The number of rotatable bonds is 5. The molecule has 5 aromatic rings. The van der Waals surface area contributed by atoms with Crippen LogP contribution in [0.3, 0.4) is 0 Å². The predicted octanol–water partition coefficient (Wildman–Crippen LogP) is 4.27. The van der Waals surface area contributed by atoms with Gasteiger partial charge in [-0.15, -0.1) is 11.3 Å². The second kappa shape index (κ2) is 8.24. The van der Waals surface area contributed by atoms with Gasteiger partial charge in [0, 0.05) is 22.7 Å². The highest BCUT2D eigenvalue weighted by molar-refractivity contribution is 7.15. The third-order valence-electron chi connectivity index (χ3n) is 4.97. The number of carbonyl (C=O) groups is 1. The Balaban J connectivity index is 1.46. The van der Waals surface area contributed by atoms with Crippen molar-refractivity contribution in [3.8, 4) is 16.9 Å². The summed E-state index contributed by atoms with van der Waals surface area (Å²) in [5.41, 5.74) is 3.62. The molecule has 0 bridgehead atoms. The molecule has 0 saturated carbocycles. The molecule has 0 unspecified atom stereocenters. The maximum Gasteiger partial charge on any atom is 0.357 e. The van der Waals surface area contributed by atoms with Crippen molar-refractivity contribution in [3.63, 3.8) is 0 Å². The van der Waals surface area contributed by atoms with E-state index in [1.165, 1.54) is 21.8 Å². The summed E-state index contributed by atoms with van der Waals surface area (Å²) < 4.78 is 8.63. The number of ether oxygens (including phenoxy) is 1. The second-order valence-corrected chi connectivity index (χ2v) is 8.02. The van der Waals surface area contributed by atoms with Crippen LogP contribution in [0.2, 0.25) is 0 Å². The molecule has 0 aliphatic rings. The van der Waals surface area contributed by atoms with Crippen molar-refractivity contribution in [2.75, 3.05) is 0 Å². The summed E-state index contributed by atoms with van der Waals surface area (Å²) in [6.45, 7) is 1.74. The van der Waals surface area contributed by atoms with Crippen molar-refractivity contribution in [1.82, 2.24) is 19.2 Å². The summed E-state index contributed by atoms with van der Waals surface area (Å²) >= 11 is 1.37. The minimum Gasteiger partial charge on any atom is -0.454 e. The highest BCUT2D eigenvalue weighted by Gasteiger charge is 2.19. The van der Waals surface area contributed by atoms with E-state index in [1.54, 1.807) is 10.7 Å². The third kappa shape index (κ3) is 3.72. The number of nitrogens with zero attached hydrogens (tertiary/aromatic N) is 4. The molecule has 158 valence electrons. The fourth-order valence-corrected chi connectivity index (χ4v) is 4.32. The highest BCUT2D eigenvalue weighted by Crippen LogP contribution is 2.22. The first-order valence-corrected chi connectivity index (χ1v) is 10.8. The molecule has 0 radical (unpaired) electrons. The molecule has 3 aromatic heterocycles. The summed E-state index contributed by atoms with van der Waals surface area (Å²) in [7, 11) is 0. The number of aryl methyl sites for hydroxylation is 1. The van der Waals surface area contributed by atoms with Gasteiger partial charge >= 0.3 is 5.97 Å². The van der Waals surface area contributed by atoms with E-state index in [9.17, 15) is 9.59 Å². The standard InChI is InChI=1S/C24H18N4O3S/c1-16-15-32-24-25-18(12-22(29)27(16)24)14-31-23(30)21-13-20(17-8-4-2-5-9-17)26-28(21)19-10-6-3-7-11-19/h2-13,15H,14H2,1H3. The topological polar surface area (TPSA) is 78.5 Å². The number of esters is 1. The first-order chi connectivity index (χ1) is 15.6. The number of thiazole rings is 1. The Hall–Kier alpha value is -4.04. The maximum absolute atomic E-state index is 13.0. The molecule has 0 aliphatic heterocycles. The van der Waals surface area contributed by atoms with Crippen molar-refractivity contribution < 1.29 is 9.53 Å². The van der Waals surface area contributed by atoms with Crippen LogP contribution >= 0.6 is 11.3 Å². The summed E-state index contributed by atoms with van der Waals surface area (Å²) in [6.07, 6.45) is 0. The van der Waals surface area contributed by atoms with Gasteiger partial charge in [-0.1, -0.05) is 48.5 Å².